The highest BCUT2D eigenvalue weighted by molar-refractivity contribution is 7.90. The first kappa shape index (κ1) is 14.5. The molecule has 0 amide bonds. The van der Waals surface area contributed by atoms with E-state index in [2.05, 4.69) is 9.82 Å². The SMILES string of the molecule is CCN(CC)S(=O)(=O)Nc1c(C(=O)O)cnn1C. The maximum Gasteiger partial charge on any atom is 0.341 e. The molecule has 18 heavy (non-hydrogen) atoms. The summed E-state index contributed by atoms with van der Waals surface area (Å²) < 4.78 is 28.5. The smallest absolute Gasteiger partial charge is 0.341 e. The van der Waals surface area contributed by atoms with Gasteiger partial charge in [0.2, 0.25) is 0 Å². The van der Waals surface area contributed by atoms with Crippen molar-refractivity contribution in [1.29, 1.82) is 0 Å². The summed E-state index contributed by atoms with van der Waals surface area (Å²) in [4.78, 5) is 10.9. The summed E-state index contributed by atoms with van der Waals surface area (Å²) in [6.07, 6.45) is 1.10. The van der Waals surface area contributed by atoms with E-state index in [1.54, 1.807) is 13.8 Å². The lowest BCUT2D eigenvalue weighted by Crippen LogP contribution is -2.36. The molecule has 0 radical (unpaired) electrons. The summed E-state index contributed by atoms with van der Waals surface area (Å²) in [7, 11) is -2.30. The summed E-state index contributed by atoms with van der Waals surface area (Å²) in [5, 5.41) is 12.7. The van der Waals surface area contributed by atoms with Crippen molar-refractivity contribution in [2.24, 2.45) is 7.05 Å². The van der Waals surface area contributed by atoms with Crippen LogP contribution in [0.25, 0.3) is 0 Å². The number of nitrogens with one attached hydrogen (secondary N) is 1. The Morgan fingerprint density at radius 2 is 2.06 bits per heavy atom. The first-order valence-electron chi connectivity index (χ1n) is 5.36. The molecule has 8 nitrogen and oxygen atoms in total. The lowest BCUT2D eigenvalue weighted by Gasteiger charge is -2.19. The van der Waals surface area contributed by atoms with E-state index in [-0.39, 0.29) is 11.4 Å². The molecule has 0 unspecified atom stereocenters. The molecule has 0 bridgehead atoms. The molecule has 2 N–H and O–H groups in total. The Morgan fingerprint density at radius 1 is 1.50 bits per heavy atom. The van der Waals surface area contributed by atoms with Crippen molar-refractivity contribution in [1.82, 2.24) is 14.1 Å². The highest BCUT2D eigenvalue weighted by Gasteiger charge is 2.24. The van der Waals surface area contributed by atoms with E-state index in [0.717, 1.165) is 6.20 Å². The van der Waals surface area contributed by atoms with E-state index in [1.165, 1.54) is 16.0 Å². The number of hydrogen-bond donors (Lipinski definition) is 2. The summed E-state index contributed by atoms with van der Waals surface area (Å²) in [5.74, 6) is -1.30. The topological polar surface area (TPSA) is 105 Å². The molecular weight excluding hydrogens is 260 g/mol. The molecule has 0 aliphatic carbocycles. The molecule has 1 heterocycles. The lowest BCUT2D eigenvalue weighted by molar-refractivity contribution is 0.0698. The van der Waals surface area contributed by atoms with Crippen LogP contribution in [0.4, 0.5) is 5.82 Å². The lowest BCUT2D eigenvalue weighted by atomic mass is 10.3. The number of aromatic nitrogens is 2. The third-order valence-electron chi connectivity index (χ3n) is 2.44. The predicted octanol–water partition coefficient (Wildman–Crippen LogP) is 0.117. The molecule has 0 saturated carbocycles. The Hall–Kier alpha value is -1.61. The van der Waals surface area contributed by atoms with Crippen molar-refractivity contribution < 1.29 is 18.3 Å². The van der Waals surface area contributed by atoms with Gasteiger partial charge in [-0.3, -0.25) is 9.40 Å². The second kappa shape index (κ2) is 5.36. The van der Waals surface area contributed by atoms with Crippen LogP contribution in [-0.4, -0.2) is 46.7 Å². The fourth-order valence-corrected chi connectivity index (χ4v) is 2.76. The highest BCUT2D eigenvalue weighted by atomic mass is 32.2. The zero-order chi connectivity index (χ0) is 13.9. The third-order valence-corrected chi connectivity index (χ3v) is 4.09. The molecular formula is C9H16N4O4S. The summed E-state index contributed by atoms with van der Waals surface area (Å²) in [5.41, 5.74) is -0.187. The number of aryl methyl sites for hydroxylation is 1. The Labute approximate surface area is 105 Å². The molecule has 1 rings (SSSR count). The number of aromatic carboxylic acids is 1. The first-order valence-corrected chi connectivity index (χ1v) is 6.80. The molecule has 0 aliphatic heterocycles. The summed E-state index contributed by atoms with van der Waals surface area (Å²) >= 11 is 0. The van der Waals surface area contributed by atoms with Crippen LogP contribution in [-0.2, 0) is 17.3 Å². The summed E-state index contributed by atoms with van der Waals surface area (Å²) in [6, 6.07) is 0. The second-order valence-electron chi connectivity index (χ2n) is 3.53. The minimum atomic E-state index is -3.76. The molecule has 102 valence electrons. The fourth-order valence-electron chi connectivity index (χ4n) is 1.47. The van der Waals surface area contributed by atoms with Crippen LogP contribution < -0.4 is 4.72 Å². The molecule has 0 fully saturated rings. The monoisotopic (exact) mass is 276 g/mol. The quantitative estimate of drug-likeness (QED) is 0.767. The van der Waals surface area contributed by atoms with Crippen LogP contribution in [0.2, 0.25) is 0 Å². The third kappa shape index (κ3) is 2.79. The van der Waals surface area contributed by atoms with E-state index >= 15 is 0 Å². The zero-order valence-electron chi connectivity index (χ0n) is 10.4. The van der Waals surface area contributed by atoms with Crippen LogP contribution >= 0.6 is 0 Å². The van der Waals surface area contributed by atoms with Gasteiger partial charge in [-0.05, 0) is 0 Å². The van der Waals surface area contributed by atoms with Gasteiger partial charge < -0.3 is 5.11 Å². The average molecular weight is 276 g/mol. The van der Waals surface area contributed by atoms with Crippen molar-refractivity contribution in [2.75, 3.05) is 17.8 Å². The summed E-state index contributed by atoms with van der Waals surface area (Å²) in [6.45, 7) is 3.99. The van der Waals surface area contributed by atoms with Gasteiger partial charge in [0.25, 0.3) is 0 Å². The van der Waals surface area contributed by atoms with Crippen LogP contribution in [0.1, 0.15) is 24.2 Å². The van der Waals surface area contributed by atoms with Crippen LogP contribution in [0.15, 0.2) is 6.20 Å². The Bertz CT molecular complexity index is 533. The Balaban J connectivity index is 3.11. The molecule has 0 saturated heterocycles. The number of carbonyl (C=O) groups is 1. The first-order chi connectivity index (χ1) is 8.33. The minimum absolute atomic E-state index is 0.0607. The number of nitrogens with zero attached hydrogens (tertiary/aromatic N) is 3. The van der Waals surface area contributed by atoms with Crippen LogP contribution in [0, 0.1) is 0 Å². The van der Waals surface area contributed by atoms with E-state index in [1.807, 2.05) is 0 Å². The van der Waals surface area contributed by atoms with Gasteiger partial charge in [0.1, 0.15) is 5.56 Å². The van der Waals surface area contributed by atoms with E-state index in [9.17, 15) is 13.2 Å². The Morgan fingerprint density at radius 3 is 2.50 bits per heavy atom. The zero-order valence-corrected chi connectivity index (χ0v) is 11.2. The van der Waals surface area contributed by atoms with Gasteiger partial charge in [0.15, 0.2) is 5.82 Å². The van der Waals surface area contributed by atoms with E-state index < -0.39 is 16.2 Å². The van der Waals surface area contributed by atoms with Crippen molar-refractivity contribution in [3.05, 3.63) is 11.8 Å². The minimum Gasteiger partial charge on any atom is -0.477 e. The number of rotatable bonds is 6. The van der Waals surface area contributed by atoms with Crippen molar-refractivity contribution in [3.63, 3.8) is 0 Å². The molecule has 0 spiro atoms. The molecule has 9 heteroatoms. The van der Waals surface area contributed by atoms with Gasteiger partial charge in [0.05, 0.1) is 6.20 Å². The van der Waals surface area contributed by atoms with Crippen molar-refractivity contribution in [2.45, 2.75) is 13.8 Å². The van der Waals surface area contributed by atoms with E-state index in [0.29, 0.717) is 13.1 Å². The van der Waals surface area contributed by atoms with E-state index in [4.69, 9.17) is 5.11 Å². The standard InChI is InChI=1S/C9H16N4O4S/c1-4-13(5-2)18(16,17)11-8-7(9(14)15)6-10-12(8)3/h6,11H,4-5H2,1-3H3,(H,14,15). The highest BCUT2D eigenvalue weighted by Crippen LogP contribution is 2.16. The van der Waals surface area contributed by atoms with Gasteiger partial charge >= 0.3 is 16.2 Å². The maximum absolute atomic E-state index is 12.0. The molecule has 1 aromatic heterocycles. The van der Waals surface area contributed by atoms with Gasteiger partial charge in [-0.15, -0.1) is 0 Å². The fraction of sp³-hybridized carbons (Fsp3) is 0.556. The largest absolute Gasteiger partial charge is 0.477 e. The maximum atomic E-state index is 12.0. The number of hydrogen-bond acceptors (Lipinski definition) is 4. The van der Waals surface area contributed by atoms with Crippen molar-refractivity contribution in [3.8, 4) is 0 Å². The number of carboxylic acids is 1. The van der Waals surface area contributed by atoms with Gasteiger partial charge in [-0.25, -0.2) is 4.79 Å². The molecule has 1 aromatic rings. The number of anilines is 1. The predicted molar refractivity (Wildman–Crippen MR) is 65.6 cm³/mol. The van der Waals surface area contributed by atoms with Crippen molar-refractivity contribution >= 4 is 22.0 Å². The van der Waals surface area contributed by atoms with Crippen LogP contribution in [0.5, 0.6) is 0 Å². The molecule has 0 aliphatic rings. The normalized spacial score (nSPS) is 11.8. The van der Waals surface area contributed by atoms with Gasteiger partial charge in [-0.1, -0.05) is 13.8 Å². The van der Waals surface area contributed by atoms with Gasteiger partial charge in [-0.2, -0.15) is 17.8 Å². The number of carboxylic acid groups (broad SMARTS) is 1. The Kier molecular flexibility index (Phi) is 4.30. The van der Waals surface area contributed by atoms with Gasteiger partial charge in [0, 0.05) is 20.1 Å². The molecule has 0 atom stereocenters. The average Bonchev–Trinajstić information content (AvgIpc) is 2.61. The van der Waals surface area contributed by atoms with Crippen LogP contribution in [0.3, 0.4) is 0 Å². The molecule has 0 aromatic carbocycles. The second-order valence-corrected chi connectivity index (χ2v) is 5.20.